The zero-order valence-electron chi connectivity index (χ0n) is 13.6. The molecule has 24 heavy (non-hydrogen) atoms. The van der Waals surface area contributed by atoms with Crippen LogP contribution in [0, 0.1) is 0 Å². The lowest BCUT2D eigenvalue weighted by molar-refractivity contribution is -0.133. The van der Waals surface area contributed by atoms with Crippen LogP contribution in [0.1, 0.15) is 17.5 Å². The lowest BCUT2D eigenvalue weighted by Gasteiger charge is -2.37. The van der Waals surface area contributed by atoms with E-state index in [4.69, 9.17) is 4.42 Å². The van der Waals surface area contributed by atoms with Gasteiger partial charge in [-0.15, -0.1) is 0 Å². The molecule has 1 N–H and O–H groups in total. The highest BCUT2D eigenvalue weighted by atomic mass is 16.3. The van der Waals surface area contributed by atoms with E-state index in [1.165, 1.54) is 12.0 Å². The molecule has 1 aromatic heterocycles. The summed E-state index contributed by atoms with van der Waals surface area (Å²) in [4.78, 5) is 28.5. The van der Waals surface area contributed by atoms with E-state index in [0.29, 0.717) is 13.1 Å². The SMILES string of the molecule is C[C@H](NC(=O)c1ccco1)C(=O)N1CCN(c2ccccc2)CC1. The van der Waals surface area contributed by atoms with Gasteiger partial charge in [-0.1, -0.05) is 18.2 Å². The van der Waals surface area contributed by atoms with Gasteiger partial charge in [0.2, 0.25) is 5.91 Å². The predicted molar refractivity (Wildman–Crippen MR) is 90.9 cm³/mol. The first-order valence-corrected chi connectivity index (χ1v) is 8.08. The molecule has 1 saturated heterocycles. The molecule has 126 valence electrons. The van der Waals surface area contributed by atoms with Crippen molar-refractivity contribution in [2.24, 2.45) is 0 Å². The van der Waals surface area contributed by atoms with Crippen LogP contribution >= 0.6 is 0 Å². The molecule has 0 saturated carbocycles. The molecule has 2 heterocycles. The number of nitrogens with one attached hydrogen (secondary N) is 1. The summed E-state index contributed by atoms with van der Waals surface area (Å²) < 4.78 is 5.04. The Morgan fingerprint density at radius 2 is 1.75 bits per heavy atom. The smallest absolute Gasteiger partial charge is 0.287 e. The normalized spacial score (nSPS) is 15.9. The van der Waals surface area contributed by atoms with Crippen molar-refractivity contribution >= 4 is 17.5 Å². The molecule has 1 aliphatic heterocycles. The Balaban J connectivity index is 1.52. The largest absolute Gasteiger partial charge is 0.459 e. The molecule has 0 unspecified atom stereocenters. The number of rotatable bonds is 4. The van der Waals surface area contributed by atoms with Crippen molar-refractivity contribution in [3.63, 3.8) is 0 Å². The molecule has 0 bridgehead atoms. The molecule has 1 fully saturated rings. The van der Waals surface area contributed by atoms with Crippen molar-refractivity contribution < 1.29 is 14.0 Å². The lowest BCUT2D eigenvalue weighted by Crippen LogP contribution is -2.54. The van der Waals surface area contributed by atoms with Crippen LogP contribution in [0.15, 0.2) is 53.1 Å². The average Bonchev–Trinajstić information content (AvgIpc) is 3.17. The number of amides is 2. The van der Waals surface area contributed by atoms with Crippen molar-refractivity contribution in [3.05, 3.63) is 54.5 Å². The van der Waals surface area contributed by atoms with Crippen LogP contribution in [0.5, 0.6) is 0 Å². The molecule has 1 atom stereocenters. The van der Waals surface area contributed by atoms with E-state index in [-0.39, 0.29) is 17.6 Å². The van der Waals surface area contributed by atoms with Crippen LogP contribution in [0.3, 0.4) is 0 Å². The molecular formula is C18H21N3O3. The van der Waals surface area contributed by atoms with Gasteiger partial charge < -0.3 is 19.5 Å². The number of carbonyl (C=O) groups excluding carboxylic acids is 2. The van der Waals surface area contributed by atoms with Gasteiger partial charge in [0.1, 0.15) is 6.04 Å². The minimum atomic E-state index is -0.578. The lowest BCUT2D eigenvalue weighted by atomic mass is 10.2. The summed E-state index contributed by atoms with van der Waals surface area (Å²) in [7, 11) is 0. The molecule has 2 amide bonds. The highest BCUT2D eigenvalue weighted by Gasteiger charge is 2.26. The summed E-state index contributed by atoms with van der Waals surface area (Å²) in [5, 5.41) is 2.68. The van der Waals surface area contributed by atoms with Crippen molar-refractivity contribution in [2.45, 2.75) is 13.0 Å². The third-order valence-corrected chi connectivity index (χ3v) is 4.18. The van der Waals surface area contributed by atoms with Gasteiger partial charge in [-0.3, -0.25) is 9.59 Å². The van der Waals surface area contributed by atoms with Gasteiger partial charge in [-0.2, -0.15) is 0 Å². The first-order valence-electron chi connectivity index (χ1n) is 8.08. The number of hydrogen-bond donors (Lipinski definition) is 1. The Kier molecular flexibility index (Phi) is 4.84. The minimum Gasteiger partial charge on any atom is -0.459 e. The Morgan fingerprint density at radius 1 is 1.04 bits per heavy atom. The van der Waals surface area contributed by atoms with Gasteiger partial charge in [-0.05, 0) is 31.2 Å². The number of furan rings is 1. The van der Waals surface area contributed by atoms with E-state index >= 15 is 0 Å². The molecule has 0 radical (unpaired) electrons. The minimum absolute atomic E-state index is 0.0670. The van der Waals surface area contributed by atoms with Crippen molar-refractivity contribution in [2.75, 3.05) is 31.1 Å². The fourth-order valence-corrected chi connectivity index (χ4v) is 2.83. The van der Waals surface area contributed by atoms with Crippen molar-refractivity contribution in [1.82, 2.24) is 10.2 Å². The van der Waals surface area contributed by atoms with Crippen molar-refractivity contribution in [1.29, 1.82) is 0 Å². The standard InChI is InChI=1S/C18H21N3O3/c1-14(19-17(22)16-8-5-13-24-16)18(23)21-11-9-20(10-12-21)15-6-3-2-4-7-15/h2-8,13-14H,9-12H2,1H3,(H,19,22)/t14-/m0/s1. The molecule has 3 rings (SSSR count). The number of benzene rings is 1. The molecule has 6 heteroatoms. The quantitative estimate of drug-likeness (QED) is 0.929. The van der Waals surface area contributed by atoms with E-state index in [0.717, 1.165) is 13.1 Å². The Hall–Kier alpha value is -2.76. The molecule has 6 nitrogen and oxygen atoms in total. The van der Waals surface area contributed by atoms with Crippen LogP contribution in [0.2, 0.25) is 0 Å². The molecule has 1 aliphatic rings. The van der Waals surface area contributed by atoms with Gasteiger partial charge in [0.15, 0.2) is 5.76 Å². The van der Waals surface area contributed by atoms with E-state index in [2.05, 4.69) is 22.3 Å². The van der Waals surface area contributed by atoms with Gasteiger partial charge in [0.05, 0.1) is 6.26 Å². The summed E-state index contributed by atoms with van der Waals surface area (Å²) in [6, 6.07) is 12.8. The number of hydrogen-bond acceptors (Lipinski definition) is 4. The highest BCUT2D eigenvalue weighted by Crippen LogP contribution is 2.16. The second-order valence-electron chi connectivity index (χ2n) is 5.82. The maximum absolute atomic E-state index is 12.5. The Labute approximate surface area is 141 Å². The summed E-state index contributed by atoms with van der Waals surface area (Å²) in [6.45, 7) is 4.57. The van der Waals surface area contributed by atoms with Gasteiger partial charge in [0, 0.05) is 31.9 Å². The van der Waals surface area contributed by atoms with E-state index in [1.807, 2.05) is 18.2 Å². The maximum Gasteiger partial charge on any atom is 0.287 e. The summed E-state index contributed by atoms with van der Waals surface area (Å²) in [5.41, 5.74) is 1.17. The fraction of sp³-hybridized carbons (Fsp3) is 0.333. The van der Waals surface area contributed by atoms with Crippen molar-refractivity contribution in [3.8, 4) is 0 Å². The maximum atomic E-state index is 12.5. The van der Waals surface area contributed by atoms with E-state index in [1.54, 1.807) is 24.0 Å². The second kappa shape index (κ2) is 7.21. The van der Waals surface area contributed by atoms with Gasteiger partial charge >= 0.3 is 0 Å². The summed E-state index contributed by atoms with van der Waals surface area (Å²) in [6.07, 6.45) is 1.43. The summed E-state index contributed by atoms with van der Waals surface area (Å²) in [5.74, 6) is -0.227. The molecule has 0 aliphatic carbocycles. The molecule has 1 aromatic carbocycles. The number of carbonyl (C=O) groups is 2. The third-order valence-electron chi connectivity index (χ3n) is 4.18. The Morgan fingerprint density at radius 3 is 2.38 bits per heavy atom. The highest BCUT2D eigenvalue weighted by molar-refractivity contribution is 5.95. The zero-order chi connectivity index (χ0) is 16.9. The van der Waals surface area contributed by atoms with Gasteiger partial charge in [-0.25, -0.2) is 0 Å². The topological polar surface area (TPSA) is 65.8 Å². The molecule has 2 aromatic rings. The fourth-order valence-electron chi connectivity index (χ4n) is 2.83. The summed E-state index contributed by atoms with van der Waals surface area (Å²) >= 11 is 0. The van der Waals surface area contributed by atoms with Crippen LogP contribution < -0.4 is 10.2 Å². The van der Waals surface area contributed by atoms with Crippen LogP contribution in [0.25, 0.3) is 0 Å². The number of para-hydroxylation sites is 1. The molecule has 0 spiro atoms. The van der Waals surface area contributed by atoms with E-state index in [9.17, 15) is 9.59 Å². The monoisotopic (exact) mass is 327 g/mol. The van der Waals surface area contributed by atoms with Crippen LogP contribution in [-0.2, 0) is 4.79 Å². The second-order valence-corrected chi connectivity index (χ2v) is 5.82. The average molecular weight is 327 g/mol. The van der Waals surface area contributed by atoms with Gasteiger partial charge in [0.25, 0.3) is 5.91 Å². The number of nitrogens with zero attached hydrogens (tertiary/aromatic N) is 2. The zero-order valence-corrected chi connectivity index (χ0v) is 13.6. The third kappa shape index (κ3) is 3.59. The van der Waals surface area contributed by atoms with E-state index < -0.39 is 6.04 Å². The first-order chi connectivity index (χ1) is 11.6. The number of piperazine rings is 1. The van der Waals surface area contributed by atoms with Crippen LogP contribution in [0.4, 0.5) is 5.69 Å². The number of anilines is 1. The first kappa shape index (κ1) is 16.1. The Bertz CT molecular complexity index is 677. The molecular weight excluding hydrogens is 306 g/mol. The van der Waals surface area contributed by atoms with Crippen LogP contribution in [-0.4, -0.2) is 48.9 Å². The predicted octanol–water partition coefficient (Wildman–Crippen LogP) is 1.75.